The fourth-order valence-electron chi connectivity index (χ4n) is 5.30. The van der Waals surface area contributed by atoms with E-state index in [4.69, 9.17) is 5.26 Å². The lowest BCUT2D eigenvalue weighted by Crippen LogP contribution is -2.58. The van der Waals surface area contributed by atoms with Crippen molar-refractivity contribution in [1.29, 1.82) is 5.26 Å². The van der Waals surface area contributed by atoms with Gasteiger partial charge in [0.05, 0.1) is 11.8 Å². The number of nitrogens with zero attached hydrogens (tertiary/aromatic N) is 8. The van der Waals surface area contributed by atoms with Crippen LogP contribution < -0.4 is 10.2 Å². The van der Waals surface area contributed by atoms with Gasteiger partial charge in [-0.1, -0.05) is 6.07 Å². The molecule has 1 unspecified atom stereocenters. The van der Waals surface area contributed by atoms with Crippen LogP contribution in [0.4, 0.5) is 5.82 Å². The van der Waals surface area contributed by atoms with E-state index < -0.39 is 0 Å². The summed E-state index contributed by atoms with van der Waals surface area (Å²) in [6.07, 6.45) is 6.21. The van der Waals surface area contributed by atoms with Crippen LogP contribution in [0.5, 0.6) is 5.75 Å². The van der Waals surface area contributed by atoms with Crippen molar-refractivity contribution in [2.75, 3.05) is 11.9 Å². The topological polar surface area (TPSA) is 129 Å². The van der Waals surface area contributed by atoms with Gasteiger partial charge in [0.25, 0.3) is 0 Å². The summed E-state index contributed by atoms with van der Waals surface area (Å²) >= 11 is 0. The van der Waals surface area contributed by atoms with Gasteiger partial charge in [-0.2, -0.15) is 15.3 Å². The standard InChI is InChI=1S/C23H27N9O/c1-22-7-8-23(2,30-22)11-15(10-22)31(3)19-13-25-21(28-27-19)16-6-5-14(9-17(16)33)20-26-18(12-24)32(4)29-20/h5-6,9,13,15,30,33H,7-8,10-11H2,1-4H3/t15?,22-,23+. The lowest BCUT2D eigenvalue weighted by atomic mass is 9.84. The Bertz CT molecular complexity index is 1230. The van der Waals surface area contributed by atoms with E-state index in [1.807, 2.05) is 6.07 Å². The molecular weight excluding hydrogens is 418 g/mol. The van der Waals surface area contributed by atoms with Crippen molar-refractivity contribution in [3.8, 4) is 34.6 Å². The molecule has 10 heteroatoms. The van der Waals surface area contributed by atoms with Gasteiger partial charge in [-0.3, -0.25) is 0 Å². The SMILES string of the molecule is CN(c1cnc(-c2ccc(-c3nc(C#N)n(C)n3)cc2O)nn1)C1C[C@]2(C)CC[C@](C)(C1)N2. The van der Waals surface area contributed by atoms with E-state index in [2.05, 4.69) is 56.4 Å². The van der Waals surface area contributed by atoms with Crippen LogP contribution in [0.15, 0.2) is 24.4 Å². The Hall–Kier alpha value is -3.58. The van der Waals surface area contributed by atoms with Crippen molar-refractivity contribution in [2.24, 2.45) is 7.05 Å². The molecule has 5 rings (SSSR count). The summed E-state index contributed by atoms with van der Waals surface area (Å²) in [6, 6.07) is 7.36. The molecule has 2 aromatic heterocycles. The summed E-state index contributed by atoms with van der Waals surface area (Å²) in [6.45, 7) is 4.61. The molecule has 2 N–H and O–H groups in total. The van der Waals surface area contributed by atoms with Gasteiger partial charge in [-0.05, 0) is 51.7 Å². The van der Waals surface area contributed by atoms with Crippen LogP contribution in [0.25, 0.3) is 22.8 Å². The molecule has 2 aliphatic heterocycles. The quantitative estimate of drug-likeness (QED) is 0.622. The first-order valence-electron chi connectivity index (χ1n) is 11.1. The van der Waals surface area contributed by atoms with Gasteiger partial charge < -0.3 is 15.3 Å². The number of aromatic hydroxyl groups is 1. The van der Waals surface area contributed by atoms with Crippen molar-refractivity contribution in [1.82, 2.24) is 35.3 Å². The fourth-order valence-corrected chi connectivity index (χ4v) is 5.30. The first-order valence-corrected chi connectivity index (χ1v) is 11.1. The summed E-state index contributed by atoms with van der Waals surface area (Å²) in [5.41, 5.74) is 1.39. The number of benzene rings is 1. The van der Waals surface area contributed by atoms with Crippen molar-refractivity contribution < 1.29 is 5.11 Å². The fraction of sp³-hybridized carbons (Fsp3) is 0.478. The number of piperidine rings is 1. The molecule has 2 aliphatic rings. The molecule has 33 heavy (non-hydrogen) atoms. The summed E-state index contributed by atoms with van der Waals surface area (Å²) < 4.78 is 1.40. The van der Waals surface area contributed by atoms with Crippen molar-refractivity contribution in [2.45, 2.75) is 56.7 Å². The van der Waals surface area contributed by atoms with Gasteiger partial charge >= 0.3 is 0 Å². The largest absolute Gasteiger partial charge is 0.507 e. The maximum absolute atomic E-state index is 10.6. The van der Waals surface area contributed by atoms with Crippen LogP contribution in [0.2, 0.25) is 0 Å². The van der Waals surface area contributed by atoms with E-state index in [-0.39, 0.29) is 22.7 Å². The van der Waals surface area contributed by atoms with Crippen molar-refractivity contribution in [3.05, 3.63) is 30.2 Å². The van der Waals surface area contributed by atoms with Gasteiger partial charge in [0.15, 0.2) is 17.5 Å². The third-order valence-electron chi connectivity index (χ3n) is 7.02. The Balaban J connectivity index is 1.36. The number of aryl methyl sites for hydroxylation is 1. The molecule has 3 aromatic rings. The van der Waals surface area contributed by atoms with Gasteiger partial charge in [-0.25, -0.2) is 9.67 Å². The second-order valence-corrected chi connectivity index (χ2v) is 9.79. The van der Waals surface area contributed by atoms with Crippen LogP contribution in [0, 0.1) is 11.3 Å². The highest BCUT2D eigenvalue weighted by Gasteiger charge is 2.49. The lowest BCUT2D eigenvalue weighted by Gasteiger charge is -2.45. The van der Waals surface area contributed by atoms with Crippen molar-refractivity contribution >= 4 is 5.82 Å². The van der Waals surface area contributed by atoms with Gasteiger partial charge in [-0.15, -0.1) is 10.2 Å². The molecule has 0 spiro atoms. The molecule has 1 aromatic carbocycles. The third-order valence-corrected chi connectivity index (χ3v) is 7.02. The second-order valence-electron chi connectivity index (χ2n) is 9.79. The number of phenolic OH excluding ortho intramolecular Hbond substituents is 1. The predicted molar refractivity (Wildman–Crippen MR) is 122 cm³/mol. The van der Waals surface area contributed by atoms with Crippen LogP contribution in [-0.2, 0) is 7.05 Å². The zero-order valence-corrected chi connectivity index (χ0v) is 19.2. The average Bonchev–Trinajstić information content (AvgIpc) is 3.28. The van der Waals surface area contributed by atoms with Crippen LogP contribution >= 0.6 is 0 Å². The molecule has 0 radical (unpaired) electrons. The normalized spacial score (nSPS) is 26.2. The van der Waals surface area contributed by atoms with E-state index in [1.54, 1.807) is 31.4 Å². The number of aromatic nitrogens is 6. The molecular formula is C23H27N9O. The summed E-state index contributed by atoms with van der Waals surface area (Å²) in [5, 5.41) is 36.4. The zero-order chi connectivity index (χ0) is 23.4. The number of phenols is 1. The Labute approximate surface area is 192 Å². The minimum Gasteiger partial charge on any atom is -0.507 e. The van der Waals surface area contributed by atoms with E-state index in [9.17, 15) is 5.11 Å². The Morgan fingerprint density at radius 1 is 1.18 bits per heavy atom. The lowest BCUT2D eigenvalue weighted by molar-refractivity contribution is 0.207. The number of nitrogens with one attached hydrogen (secondary N) is 1. The minimum absolute atomic E-state index is 0.00264. The van der Waals surface area contributed by atoms with E-state index in [0.717, 1.165) is 18.7 Å². The molecule has 0 aliphatic carbocycles. The average molecular weight is 446 g/mol. The maximum atomic E-state index is 10.6. The minimum atomic E-state index is -0.00264. The zero-order valence-electron chi connectivity index (χ0n) is 19.2. The van der Waals surface area contributed by atoms with Crippen LogP contribution in [0.1, 0.15) is 45.4 Å². The molecule has 3 atom stereocenters. The monoisotopic (exact) mass is 445 g/mol. The highest BCUT2D eigenvalue weighted by molar-refractivity contribution is 5.70. The smallest absolute Gasteiger partial charge is 0.231 e. The molecule has 170 valence electrons. The van der Waals surface area contributed by atoms with Gasteiger partial charge in [0.1, 0.15) is 11.8 Å². The third kappa shape index (κ3) is 3.78. The molecule has 10 nitrogen and oxygen atoms in total. The van der Waals surface area contributed by atoms with E-state index in [1.165, 1.54) is 17.5 Å². The highest BCUT2D eigenvalue weighted by atomic mass is 16.3. The Morgan fingerprint density at radius 2 is 1.91 bits per heavy atom. The number of hydrogen-bond donors (Lipinski definition) is 2. The van der Waals surface area contributed by atoms with Crippen LogP contribution in [-0.4, -0.2) is 59.2 Å². The molecule has 2 saturated heterocycles. The summed E-state index contributed by atoms with van der Waals surface area (Å²) in [7, 11) is 3.70. The number of nitriles is 1. The van der Waals surface area contributed by atoms with E-state index in [0.29, 0.717) is 28.8 Å². The summed E-state index contributed by atoms with van der Waals surface area (Å²) in [5.74, 6) is 1.62. The van der Waals surface area contributed by atoms with Gasteiger partial charge in [0.2, 0.25) is 5.82 Å². The number of fused-ring (bicyclic) bond motifs is 2. The molecule has 2 fully saturated rings. The molecule has 0 amide bonds. The predicted octanol–water partition coefficient (Wildman–Crippen LogP) is 2.41. The second kappa shape index (κ2) is 7.49. The molecule has 4 heterocycles. The summed E-state index contributed by atoms with van der Waals surface area (Å²) in [4.78, 5) is 10.8. The first kappa shape index (κ1) is 21.3. The van der Waals surface area contributed by atoms with Crippen molar-refractivity contribution in [3.63, 3.8) is 0 Å². The molecule has 0 saturated carbocycles. The number of anilines is 1. The first-order chi connectivity index (χ1) is 15.7. The van der Waals surface area contributed by atoms with Gasteiger partial charge in [0, 0.05) is 36.8 Å². The highest BCUT2D eigenvalue weighted by Crippen LogP contribution is 2.43. The molecule has 2 bridgehead atoms. The Morgan fingerprint density at radius 3 is 2.48 bits per heavy atom. The number of hydrogen-bond acceptors (Lipinski definition) is 9. The van der Waals surface area contributed by atoms with Crippen LogP contribution in [0.3, 0.4) is 0 Å². The number of rotatable bonds is 4. The maximum Gasteiger partial charge on any atom is 0.231 e. The van der Waals surface area contributed by atoms with E-state index >= 15 is 0 Å². The Kier molecular flexibility index (Phi) is 4.83.